The van der Waals surface area contributed by atoms with E-state index in [9.17, 15) is 4.79 Å². The van der Waals surface area contributed by atoms with Crippen molar-refractivity contribution in [3.05, 3.63) is 65.6 Å². The molecule has 4 nitrogen and oxygen atoms in total. The standard InChI is InChI=1S/C18H17N3O/c22-18(16-7-3-4-10-19-16)20-12-8-9-14-13-5-1-2-6-15(13)21-17(14)11-12/h1-7,10,12,21H,8-9,11H2,(H,20,22). The first-order chi connectivity index (χ1) is 10.8. The van der Waals surface area contributed by atoms with Gasteiger partial charge in [0.2, 0.25) is 0 Å². The van der Waals surface area contributed by atoms with E-state index in [-0.39, 0.29) is 11.9 Å². The Morgan fingerprint density at radius 1 is 1.18 bits per heavy atom. The number of para-hydroxylation sites is 1. The molecule has 1 aliphatic rings. The first kappa shape index (κ1) is 13.1. The lowest BCUT2D eigenvalue weighted by Gasteiger charge is -2.23. The van der Waals surface area contributed by atoms with Crippen molar-refractivity contribution in [3.8, 4) is 0 Å². The number of fused-ring (bicyclic) bond motifs is 3. The summed E-state index contributed by atoms with van der Waals surface area (Å²) in [4.78, 5) is 19.8. The van der Waals surface area contributed by atoms with Crippen LogP contribution in [-0.4, -0.2) is 21.9 Å². The number of carbonyl (C=O) groups is 1. The molecular weight excluding hydrogens is 274 g/mol. The van der Waals surface area contributed by atoms with E-state index < -0.39 is 0 Å². The lowest BCUT2D eigenvalue weighted by molar-refractivity contribution is 0.0928. The number of aromatic amines is 1. The van der Waals surface area contributed by atoms with Gasteiger partial charge in [-0.1, -0.05) is 24.3 Å². The van der Waals surface area contributed by atoms with Crippen molar-refractivity contribution in [2.45, 2.75) is 25.3 Å². The summed E-state index contributed by atoms with van der Waals surface area (Å²) in [6, 6.07) is 13.9. The van der Waals surface area contributed by atoms with E-state index in [0.29, 0.717) is 5.69 Å². The van der Waals surface area contributed by atoms with Crippen LogP contribution in [0.2, 0.25) is 0 Å². The summed E-state index contributed by atoms with van der Waals surface area (Å²) in [6.07, 6.45) is 4.45. The van der Waals surface area contributed by atoms with E-state index in [1.165, 1.54) is 22.2 Å². The Hall–Kier alpha value is -2.62. The maximum absolute atomic E-state index is 12.2. The third-order valence-corrected chi connectivity index (χ3v) is 4.33. The molecule has 0 bridgehead atoms. The van der Waals surface area contributed by atoms with Crippen molar-refractivity contribution >= 4 is 16.8 Å². The van der Waals surface area contributed by atoms with Gasteiger partial charge in [-0.25, -0.2) is 0 Å². The molecule has 0 spiro atoms. The number of rotatable bonds is 2. The molecular formula is C18H17N3O. The third kappa shape index (κ3) is 2.26. The van der Waals surface area contributed by atoms with Crippen molar-refractivity contribution in [2.75, 3.05) is 0 Å². The molecule has 1 atom stereocenters. The zero-order valence-electron chi connectivity index (χ0n) is 12.2. The van der Waals surface area contributed by atoms with Crippen LogP contribution in [0.5, 0.6) is 0 Å². The Labute approximate surface area is 128 Å². The normalized spacial score (nSPS) is 17.2. The Morgan fingerprint density at radius 2 is 2.05 bits per heavy atom. The van der Waals surface area contributed by atoms with E-state index in [4.69, 9.17) is 0 Å². The van der Waals surface area contributed by atoms with Gasteiger partial charge in [-0.2, -0.15) is 0 Å². The van der Waals surface area contributed by atoms with Crippen molar-refractivity contribution in [1.82, 2.24) is 15.3 Å². The number of carbonyl (C=O) groups excluding carboxylic acids is 1. The Bertz CT molecular complexity index is 823. The van der Waals surface area contributed by atoms with E-state index >= 15 is 0 Å². The molecule has 1 aromatic carbocycles. The highest BCUT2D eigenvalue weighted by Crippen LogP contribution is 2.29. The van der Waals surface area contributed by atoms with Gasteiger partial charge in [-0.05, 0) is 36.6 Å². The highest BCUT2D eigenvalue weighted by Gasteiger charge is 2.23. The molecule has 110 valence electrons. The zero-order chi connectivity index (χ0) is 14.9. The molecule has 4 heteroatoms. The monoisotopic (exact) mass is 291 g/mol. The average molecular weight is 291 g/mol. The van der Waals surface area contributed by atoms with Crippen LogP contribution >= 0.6 is 0 Å². The fraction of sp³-hybridized carbons (Fsp3) is 0.222. The SMILES string of the molecule is O=C(NC1CCc2c([nH]c3ccccc23)C1)c1ccccn1. The summed E-state index contributed by atoms with van der Waals surface area (Å²) in [6.45, 7) is 0. The van der Waals surface area contributed by atoms with Gasteiger partial charge in [-0.15, -0.1) is 0 Å². The maximum atomic E-state index is 12.2. The van der Waals surface area contributed by atoms with Crippen molar-refractivity contribution in [2.24, 2.45) is 0 Å². The minimum atomic E-state index is -0.0924. The molecule has 0 saturated heterocycles. The molecule has 0 fully saturated rings. The second-order valence-corrected chi connectivity index (χ2v) is 5.76. The van der Waals surface area contributed by atoms with Crippen molar-refractivity contribution in [3.63, 3.8) is 0 Å². The molecule has 2 heterocycles. The predicted octanol–water partition coefficient (Wildman–Crippen LogP) is 2.85. The van der Waals surface area contributed by atoms with Crippen LogP contribution in [0.4, 0.5) is 0 Å². The summed E-state index contributed by atoms with van der Waals surface area (Å²) >= 11 is 0. The molecule has 2 aromatic heterocycles. The molecule has 22 heavy (non-hydrogen) atoms. The number of hydrogen-bond donors (Lipinski definition) is 2. The largest absolute Gasteiger partial charge is 0.358 e. The van der Waals surface area contributed by atoms with Gasteiger partial charge < -0.3 is 10.3 Å². The summed E-state index contributed by atoms with van der Waals surface area (Å²) < 4.78 is 0. The molecule has 1 aliphatic carbocycles. The zero-order valence-corrected chi connectivity index (χ0v) is 12.2. The molecule has 0 radical (unpaired) electrons. The van der Waals surface area contributed by atoms with Gasteiger partial charge in [0.15, 0.2) is 0 Å². The second kappa shape index (κ2) is 5.30. The Balaban J connectivity index is 1.54. The van der Waals surface area contributed by atoms with Crippen LogP contribution in [0.25, 0.3) is 10.9 Å². The maximum Gasteiger partial charge on any atom is 0.270 e. The quantitative estimate of drug-likeness (QED) is 0.763. The van der Waals surface area contributed by atoms with Crippen LogP contribution in [-0.2, 0) is 12.8 Å². The number of H-pyrrole nitrogens is 1. The minimum absolute atomic E-state index is 0.0924. The van der Waals surface area contributed by atoms with Crippen LogP contribution in [0.3, 0.4) is 0 Å². The molecule has 4 rings (SSSR count). The first-order valence-corrected chi connectivity index (χ1v) is 7.61. The number of pyridine rings is 1. The van der Waals surface area contributed by atoms with Crippen LogP contribution in [0, 0.1) is 0 Å². The van der Waals surface area contributed by atoms with E-state index in [1.54, 1.807) is 12.3 Å². The number of hydrogen-bond acceptors (Lipinski definition) is 2. The van der Waals surface area contributed by atoms with Gasteiger partial charge in [0.1, 0.15) is 5.69 Å². The smallest absolute Gasteiger partial charge is 0.270 e. The van der Waals surface area contributed by atoms with Crippen molar-refractivity contribution in [1.29, 1.82) is 0 Å². The van der Waals surface area contributed by atoms with Crippen LogP contribution in [0.15, 0.2) is 48.7 Å². The number of benzene rings is 1. The number of nitrogens with one attached hydrogen (secondary N) is 2. The number of aryl methyl sites for hydroxylation is 1. The number of amides is 1. The van der Waals surface area contributed by atoms with Gasteiger partial charge in [0, 0.05) is 35.3 Å². The van der Waals surface area contributed by atoms with E-state index in [1.807, 2.05) is 18.2 Å². The molecule has 0 saturated carbocycles. The van der Waals surface area contributed by atoms with E-state index in [0.717, 1.165) is 19.3 Å². The van der Waals surface area contributed by atoms with Crippen LogP contribution in [0.1, 0.15) is 28.2 Å². The van der Waals surface area contributed by atoms with Gasteiger partial charge in [0.05, 0.1) is 0 Å². The summed E-state index contributed by atoms with van der Waals surface area (Å²) in [5, 5.41) is 4.41. The summed E-state index contributed by atoms with van der Waals surface area (Å²) in [5.41, 5.74) is 4.31. The first-order valence-electron chi connectivity index (χ1n) is 7.61. The molecule has 0 aliphatic heterocycles. The minimum Gasteiger partial charge on any atom is -0.358 e. The fourth-order valence-corrected chi connectivity index (χ4v) is 3.26. The molecule has 1 unspecified atom stereocenters. The lowest BCUT2D eigenvalue weighted by atomic mass is 9.91. The average Bonchev–Trinajstić information content (AvgIpc) is 2.93. The van der Waals surface area contributed by atoms with Crippen molar-refractivity contribution < 1.29 is 4.79 Å². The van der Waals surface area contributed by atoms with E-state index in [2.05, 4.69) is 33.5 Å². The molecule has 1 amide bonds. The summed E-state index contributed by atoms with van der Waals surface area (Å²) in [7, 11) is 0. The molecule has 2 N–H and O–H groups in total. The van der Waals surface area contributed by atoms with Gasteiger partial charge in [-0.3, -0.25) is 9.78 Å². The van der Waals surface area contributed by atoms with Crippen LogP contribution < -0.4 is 5.32 Å². The second-order valence-electron chi connectivity index (χ2n) is 5.76. The number of nitrogens with zero attached hydrogens (tertiary/aromatic N) is 1. The summed E-state index contributed by atoms with van der Waals surface area (Å²) in [5.74, 6) is -0.0924. The highest BCUT2D eigenvalue weighted by atomic mass is 16.1. The predicted molar refractivity (Wildman–Crippen MR) is 85.8 cm³/mol. The Kier molecular flexibility index (Phi) is 3.15. The fourth-order valence-electron chi connectivity index (χ4n) is 3.26. The molecule has 3 aromatic rings. The van der Waals surface area contributed by atoms with Gasteiger partial charge >= 0.3 is 0 Å². The highest BCUT2D eigenvalue weighted by molar-refractivity contribution is 5.92. The number of aromatic nitrogens is 2. The third-order valence-electron chi connectivity index (χ3n) is 4.33. The van der Waals surface area contributed by atoms with Gasteiger partial charge in [0.25, 0.3) is 5.91 Å². The Morgan fingerprint density at radius 3 is 2.91 bits per heavy atom. The lowest BCUT2D eigenvalue weighted by Crippen LogP contribution is -2.39. The topological polar surface area (TPSA) is 57.8 Å².